The zero-order chi connectivity index (χ0) is 16.9. The van der Waals surface area contributed by atoms with E-state index in [0.29, 0.717) is 0 Å². The topological polar surface area (TPSA) is 18.5 Å². The summed E-state index contributed by atoms with van der Waals surface area (Å²) in [6.45, 7) is 1.76. The third-order valence-electron chi connectivity index (χ3n) is 4.73. The van der Waals surface area contributed by atoms with Gasteiger partial charge in [0.25, 0.3) is 0 Å². The van der Waals surface area contributed by atoms with Gasteiger partial charge in [-0.15, -0.1) is 11.3 Å². The van der Waals surface area contributed by atoms with Crippen LogP contribution in [-0.4, -0.2) is 19.5 Å². The molecule has 1 saturated heterocycles. The molecule has 1 aromatic rings. The fourth-order valence-electron chi connectivity index (χ4n) is 3.21. The van der Waals surface area contributed by atoms with Gasteiger partial charge in [0, 0.05) is 13.2 Å². The lowest BCUT2D eigenvalue weighted by Crippen LogP contribution is -2.22. The van der Waals surface area contributed by atoms with E-state index in [-0.39, 0.29) is 6.29 Å². The normalized spacial score (nSPS) is 18.1. The summed E-state index contributed by atoms with van der Waals surface area (Å²) in [4.78, 5) is 0. The third kappa shape index (κ3) is 8.98. The van der Waals surface area contributed by atoms with Crippen LogP contribution in [0.2, 0.25) is 0 Å². The van der Waals surface area contributed by atoms with Crippen LogP contribution in [0.5, 0.6) is 0 Å². The van der Waals surface area contributed by atoms with Crippen LogP contribution in [0.3, 0.4) is 0 Å². The molecule has 0 N–H and O–H groups in total. The standard InChI is InChI=1S/C20H33BrO2S/c21-20-18(14-17-24-20)12-8-6-4-2-1-3-5-7-10-15-22-19-13-9-11-16-23-19/h14,17,19H,1-13,15-16H2. The van der Waals surface area contributed by atoms with Crippen LogP contribution in [-0.2, 0) is 15.9 Å². The van der Waals surface area contributed by atoms with Crippen LogP contribution in [0, 0.1) is 0 Å². The highest BCUT2D eigenvalue weighted by molar-refractivity contribution is 9.11. The zero-order valence-electron chi connectivity index (χ0n) is 14.9. The number of halogens is 1. The average Bonchev–Trinajstić information content (AvgIpc) is 3.02. The summed E-state index contributed by atoms with van der Waals surface area (Å²) in [7, 11) is 0. The predicted octanol–water partition coefficient (Wildman–Crippen LogP) is 7.11. The van der Waals surface area contributed by atoms with Crippen molar-refractivity contribution < 1.29 is 9.47 Å². The van der Waals surface area contributed by atoms with E-state index in [2.05, 4.69) is 27.4 Å². The highest BCUT2D eigenvalue weighted by atomic mass is 79.9. The van der Waals surface area contributed by atoms with Crippen LogP contribution in [0.15, 0.2) is 15.2 Å². The maximum Gasteiger partial charge on any atom is 0.157 e. The van der Waals surface area contributed by atoms with E-state index in [9.17, 15) is 0 Å². The number of thiophene rings is 1. The molecule has 0 amide bonds. The van der Waals surface area contributed by atoms with Gasteiger partial charge in [0.1, 0.15) is 0 Å². The molecular formula is C20H33BrO2S. The van der Waals surface area contributed by atoms with Crippen molar-refractivity contribution in [3.05, 3.63) is 20.8 Å². The number of aryl methyl sites for hydroxylation is 1. The first-order chi connectivity index (χ1) is 11.9. The molecule has 1 aliphatic heterocycles. The Hall–Kier alpha value is 0.1000. The quantitative estimate of drug-likeness (QED) is 0.319. The second-order valence-electron chi connectivity index (χ2n) is 6.82. The molecule has 1 unspecified atom stereocenters. The van der Waals surface area contributed by atoms with Gasteiger partial charge in [-0.2, -0.15) is 0 Å². The van der Waals surface area contributed by atoms with Gasteiger partial charge >= 0.3 is 0 Å². The summed E-state index contributed by atoms with van der Waals surface area (Å²) >= 11 is 5.42. The van der Waals surface area contributed by atoms with Gasteiger partial charge in [-0.3, -0.25) is 0 Å². The van der Waals surface area contributed by atoms with E-state index in [1.165, 1.54) is 86.4 Å². The molecule has 2 rings (SSSR count). The summed E-state index contributed by atoms with van der Waals surface area (Å²) in [6, 6.07) is 2.25. The van der Waals surface area contributed by atoms with E-state index < -0.39 is 0 Å². The van der Waals surface area contributed by atoms with Crippen LogP contribution in [0.4, 0.5) is 0 Å². The molecule has 0 radical (unpaired) electrons. The minimum Gasteiger partial charge on any atom is -0.353 e. The van der Waals surface area contributed by atoms with Gasteiger partial charge in [0.15, 0.2) is 6.29 Å². The first-order valence-electron chi connectivity index (χ1n) is 9.81. The average molecular weight is 417 g/mol. The van der Waals surface area contributed by atoms with Gasteiger partial charge in [-0.25, -0.2) is 0 Å². The van der Waals surface area contributed by atoms with Gasteiger partial charge in [-0.05, 0) is 71.5 Å². The van der Waals surface area contributed by atoms with E-state index in [0.717, 1.165) is 19.6 Å². The zero-order valence-corrected chi connectivity index (χ0v) is 17.3. The maximum absolute atomic E-state index is 5.77. The highest BCUT2D eigenvalue weighted by Crippen LogP contribution is 2.25. The Morgan fingerprint density at radius 1 is 1.00 bits per heavy atom. The Morgan fingerprint density at radius 3 is 2.33 bits per heavy atom. The lowest BCUT2D eigenvalue weighted by molar-refractivity contribution is -0.162. The second kappa shape index (κ2) is 13.3. The molecule has 0 aliphatic carbocycles. The molecule has 0 aromatic carbocycles. The van der Waals surface area contributed by atoms with Gasteiger partial charge < -0.3 is 9.47 Å². The van der Waals surface area contributed by atoms with Crippen LogP contribution < -0.4 is 0 Å². The van der Waals surface area contributed by atoms with E-state index >= 15 is 0 Å². The van der Waals surface area contributed by atoms with Crippen molar-refractivity contribution in [2.75, 3.05) is 13.2 Å². The van der Waals surface area contributed by atoms with E-state index in [1.54, 1.807) is 11.3 Å². The minimum atomic E-state index is 0.0912. The second-order valence-corrected chi connectivity index (χ2v) is 9.05. The number of ether oxygens (including phenoxy) is 2. The van der Waals surface area contributed by atoms with Crippen molar-refractivity contribution >= 4 is 27.3 Å². The number of hydrogen-bond donors (Lipinski definition) is 0. The van der Waals surface area contributed by atoms with Gasteiger partial charge in [0.05, 0.1) is 3.79 Å². The van der Waals surface area contributed by atoms with Crippen molar-refractivity contribution in [1.82, 2.24) is 0 Å². The predicted molar refractivity (Wildman–Crippen MR) is 107 cm³/mol. The Kier molecular flexibility index (Phi) is 11.3. The first kappa shape index (κ1) is 20.4. The molecule has 24 heavy (non-hydrogen) atoms. The molecular weight excluding hydrogens is 384 g/mol. The molecule has 2 heterocycles. The van der Waals surface area contributed by atoms with E-state index in [4.69, 9.17) is 9.47 Å². The summed E-state index contributed by atoms with van der Waals surface area (Å²) in [5, 5.41) is 2.17. The molecule has 0 bridgehead atoms. The maximum atomic E-state index is 5.77. The third-order valence-corrected chi connectivity index (χ3v) is 6.54. The SMILES string of the molecule is Brc1sccc1CCCCCCCCCCCOC1CCCCO1. The molecule has 1 aromatic heterocycles. The fourth-order valence-corrected chi connectivity index (χ4v) is 4.54. The Bertz CT molecular complexity index is 416. The summed E-state index contributed by atoms with van der Waals surface area (Å²) < 4.78 is 12.7. The van der Waals surface area contributed by atoms with Crippen molar-refractivity contribution in [2.24, 2.45) is 0 Å². The summed E-state index contributed by atoms with van der Waals surface area (Å²) in [5.41, 5.74) is 1.49. The largest absolute Gasteiger partial charge is 0.353 e. The Labute approximate surface area is 160 Å². The van der Waals surface area contributed by atoms with Crippen LogP contribution >= 0.6 is 27.3 Å². The molecule has 138 valence electrons. The Morgan fingerprint density at radius 2 is 1.71 bits per heavy atom. The van der Waals surface area contributed by atoms with Gasteiger partial charge in [0.2, 0.25) is 0 Å². The smallest absolute Gasteiger partial charge is 0.157 e. The van der Waals surface area contributed by atoms with Crippen molar-refractivity contribution in [1.29, 1.82) is 0 Å². The Balaban J connectivity index is 1.29. The fraction of sp³-hybridized carbons (Fsp3) is 0.800. The highest BCUT2D eigenvalue weighted by Gasteiger charge is 2.13. The first-order valence-corrected chi connectivity index (χ1v) is 11.5. The molecule has 1 fully saturated rings. The molecule has 1 atom stereocenters. The molecule has 0 spiro atoms. The molecule has 0 saturated carbocycles. The van der Waals surface area contributed by atoms with Crippen molar-refractivity contribution in [2.45, 2.75) is 89.8 Å². The lowest BCUT2D eigenvalue weighted by atomic mass is 10.1. The van der Waals surface area contributed by atoms with Crippen LogP contribution in [0.25, 0.3) is 0 Å². The monoisotopic (exact) mass is 416 g/mol. The molecule has 1 aliphatic rings. The van der Waals surface area contributed by atoms with Gasteiger partial charge in [-0.1, -0.05) is 44.9 Å². The number of unbranched alkanes of at least 4 members (excludes halogenated alkanes) is 8. The van der Waals surface area contributed by atoms with Crippen molar-refractivity contribution in [3.63, 3.8) is 0 Å². The number of rotatable bonds is 13. The summed E-state index contributed by atoms with van der Waals surface area (Å²) in [5.74, 6) is 0. The molecule has 2 nitrogen and oxygen atoms in total. The van der Waals surface area contributed by atoms with Crippen LogP contribution in [0.1, 0.15) is 82.6 Å². The minimum absolute atomic E-state index is 0.0912. The van der Waals surface area contributed by atoms with E-state index in [1.807, 2.05) is 0 Å². The number of hydrogen-bond acceptors (Lipinski definition) is 3. The summed E-state index contributed by atoms with van der Waals surface area (Å²) in [6.07, 6.45) is 17.0. The lowest BCUT2D eigenvalue weighted by Gasteiger charge is -2.22. The molecule has 4 heteroatoms. The van der Waals surface area contributed by atoms with Crippen molar-refractivity contribution in [3.8, 4) is 0 Å².